The summed E-state index contributed by atoms with van der Waals surface area (Å²) in [6.45, 7) is 0.350. The molecule has 0 aliphatic carbocycles. The van der Waals surface area contributed by atoms with Crippen molar-refractivity contribution >= 4 is 103 Å². The van der Waals surface area contributed by atoms with Crippen LogP contribution < -0.4 is 4.74 Å². The van der Waals surface area contributed by atoms with Crippen LogP contribution in [-0.2, 0) is 6.61 Å². The second kappa shape index (κ2) is 10.7. The Morgan fingerprint density at radius 3 is 2.21 bits per heavy atom. The highest BCUT2D eigenvalue weighted by Gasteiger charge is 2.11. The van der Waals surface area contributed by atoms with Crippen molar-refractivity contribution in [3.63, 3.8) is 0 Å². The van der Waals surface area contributed by atoms with Crippen LogP contribution in [-0.4, -0.2) is 0 Å². The number of hydrogen-bond donors (Lipinski definition) is 0. The molecule has 29 heavy (non-hydrogen) atoms. The van der Waals surface area contributed by atoms with Gasteiger partial charge in [0.15, 0.2) is 0 Å². The Morgan fingerprint density at radius 2 is 1.62 bits per heavy atom. The zero-order chi connectivity index (χ0) is 21.0. The van der Waals surface area contributed by atoms with Crippen molar-refractivity contribution in [2.24, 2.45) is 0 Å². The summed E-state index contributed by atoms with van der Waals surface area (Å²) in [4.78, 5) is 0. The van der Waals surface area contributed by atoms with Gasteiger partial charge in [-0.3, -0.25) is 0 Å². The summed E-state index contributed by atoms with van der Waals surface area (Å²) in [5.41, 5.74) is 3.34. The summed E-state index contributed by atoms with van der Waals surface area (Å²) in [5, 5.41) is 10.8. The molecule has 0 aliphatic rings. The first kappa shape index (κ1) is 23.1. The predicted octanol–water partition coefficient (Wildman–Crippen LogP) is 8.45. The topological polar surface area (TPSA) is 33.0 Å². The van der Waals surface area contributed by atoms with E-state index in [0.29, 0.717) is 22.2 Å². The highest BCUT2D eigenvalue weighted by molar-refractivity contribution is 14.1. The summed E-state index contributed by atoms with van der Waals surface area (Å²) in [7, 11) is 0. The second-order valence-electron chi connectivity index (χ2n) is 6.01. The Balaban J connectivity index is 1.85. The number of ether oxygens (including phenoxy) is 1. The van der Waals surface area contributed by atoms with E-state index in [9.17, 15) is 5.26 Å². The summed E-state index contributed by atoms with van der Waals surface area (Å²) < 4.78 is 9.09. The Labute approximate surface area is 220 Å². The molecule has 7 heteroatoms. The van der Waals surface area contributed by atoms with Gasteiger partial charge < -0.3 is 4.74 Å². The van der Waals surface area contributed by atoms with Crippen LogP contribution in [0.1, 0.15) is 16.7 Å². The molecule has 0 amide bonds. The van der Waals surface area contributed by atoms with E-state index in [4.69, 9.17) is 27.9 Å². The largest absolute Gasteiger partial charge is 0.487 e. The normalized spacial score (nSPS) is 11.2. The molecule has 146 valence electrons. The van der Waals surface area contributed by atoms with Crippen LogP contribution in [0.3, 0.4) is 0 Å². The average molecular weight is 758 g/mol. The predicted molar refractivity (Wildman–Crippen MR) is 145 cm³/mol. The van der Waals surface area contributed by atoms with Crippen LogP contribution in [0.15, 0.2) is 54.6 Å². The quantitative estimate of drug-likeness (QED) is 0.149. The fourth-order valence-electron chi connectivity index (χ4n) is 2.57. The molecule has 0 heterocycles. The molecule has 0 spiro atoms. The lowest BCUT2D eigenvalue weighted by atomic mass is 10.0. The van der Waals surface area contributed by atoms with E-state index >= 15 is 0 Å². The van der Waals surface area contributed by atoms with E-state index in [1.165, 1.54) is 0 Å². The summed E-state index contributed by atoms with van der Waals surface area (Å²) in [5.74, 6) is 0.794. The Kier molecular flexibility index (Phi) is 8.51. The van der Waals surface area contributed by atoms with Gasteiger partial charge >= 0.3 is 0 Å². The van der Waals surface area contributed by atoms with Gasteiger partial charge in [0.1, 0.15) is 12.4 Å². The third-order valence-electron chi connectivity index (χ3n) is 3.99. The van der Waals surface area contributed by atoms with Gasteiger partial charge in [0, 0.05) is 19.2 Å². The molecular formula is C22H12Cl2I3NO. The summed E-state index contributed by atoms with van der Waals surface area (Å²) >= 11 is 18.9. The highest BCUT2D eigenvalue weighted by atomic mass is 127. The average Bonchev–Trinajstić information content (AvgIpc) is 2.67. The first-order valence-electron chi connectivity index (χ1n) is 8.31. The van der Waals surface area contributed by atoms with Gasteiger partial charge in [-0.1, -0.05) is 41.4 Å². The number of benzene rings is 3. The third-order valence-corrected chi connectivity index (χ3v) is 6.90. The monoisotopic (exact) mass is 757 g/mol. The molecule has 0 aliphatic heterocycles. The van der Waals surface area contributed by atoms with Gasteiger partial charge in [-0.2, -0.15) is 5.26 Å². The smallest absolute Gasteiger partial charge is 0.146 e. The van der Waals surface area contributed by atoms with Crippen molar-refractivity contribution in [3.05, 3.63) is 92.0 Å². The molecule has 0 radical (unpaired) electrons. The zero-order valence-electron chi connectivity index (χ0n) is 14.7. The Hall–Kier alpha value is -0.540. The highest BCUT2D eigenvalue weighted by Crippen LogP contribution is 2.32. The fraction of sp³-hybridized carbons (Fsp3) is 0.0455. The van der Waals surface area contributed by atoms with E-state index in [1.54, 1.807) is 12.1 Å². The van der Waals surface area contributed by atoms with Crippen molar-refractivity contribution in [2.75, 3.05) is 0 Å². The van der Waals surface area contributed by atoms with Crippen LogP contribution in [0.5, 0.6) is 5.75 Å². The molecule has 0 N–H and O–H groups in total. The van der Waals surface area contributed by atoms with Gasteiger partial charge in [-0.05, 0) is 121 Å². The Bertz CT molecular complexity index is 1100. The van der Waals surface area contributed by atoms with Gasteiger partial charge in [-0.15, -0.1) is 0 Å². The SMILES string of the molecule is N#C/C(=C/c1cc(I)c(OCc2ccc(Cl)cc2Cl)c(I)c1)c1ccc(I)cc1. The minimum Gasteiger partial charge on any atom is -0.487 e. The van der Waals surface area contributed by atoms with Crippen molar-refractivity contribution in [1.82, 2.24) is 0 Å². The van der Waals surface area contributed by atoms with Crippen LogP contribution in [0.25, 0.3) is 11.6 Å². The molecular weight excluding hydrogens is 746 g/mol. The molecule has 0 bridgehead atoms. The summed E-state index contributed by atoms with van der Waals surface area (Å²) in [6.07, 6.45) is 1.90. The number of nitrogens with zero attached hydrogens (tertiary/aromatic N) is 1. The Morgan fingerprint density at radius 1 is 0.966 bits per heavy atom. The number of nitriles is 1. The summed E-state index contributed by atoms with van der Waals surface area (Å²) in [6, 6.07) is 19.6. The van der Waals surface area contributed by atoms with Crippen LogP contribution in [0, 0.1) is 22.0 Å². The van der Waals surface area contributed by atoms with Crippen molar-refractivity contribution in [3.8, 4) is 11.8 Å². The number of rotatable bonds is 5. The molecule has 3 aromatic carbocycles. The minimum absolute atomic E-state index is 0.350. The molecule has 0 saturated heterocycles. The maximum Gasteiger partial charge on any atom is 0.146 e. The van der Waals surface area contributed by atoms with Gasteiger partial charge in [0.25, 0.3) is 0 Å². The lowest BCUT2D eigenvalue weighted by Gasteiger charge is -2.13. The van der Waals surface area contributed by atoms with Gasteiger partial charge in [0.2, 0.25) is 0 Å². The third kappa shape index (κ3) is 6.23. The molecule has 3 aromatic rings. The van der Waals surface area contributed by atoms with Crippen LogP contribution >= 0.6 is 91.0 Å². The lowest BCUT2D eigenvalue weighted by Crippen LogP contribution is -2.00. The van der Waals surface area contributed by atoms with Gasteiger partial charge in [0.05, 0.1) is 18.8 Å². The van der Waals surface area contributed by atoms with E-state index < -0.39 is 0 Å². The van der Waals surface area contributed by atoms with Crippen LogP contribution in [0.4, 0.5) is 0 Å². The van der Waals surface area contributed by atoms with E-state index in [-0.39, 0.29) is 0 Å². The lowest BCUT2D eigenvalue weighted by molar-refractivity contribution is 0.302. The standard InChI is InChI=1S/C22H12Cl2I3NO/c23-17-4-1-15(19(24)10-17)12-29-22-20(26)8-13(9-21(22)27)7-16(11-28)14-2-5-18(25)6-3-14/h1-10H,12H2/b16-7-. The van der Waals surface area contributed by atoms with E-state index in [0.717, 1.165) is 33.2 Å². The van der Waals surface area contributed by atoms with Crippen LogP contribution in [0.2, 0.25) is 10.0 Å². The molecule has 0 aromatic heterocycles. The molecule has 0 atom stereocenters. The first-order chi connectivity index (χ1) is 13.9. The zero-order valence-corrected chi connectivity index (χ0v) is 22.7. The molecule has 0 fully saturated rings. The van der Waals surface area contributed by atoms with Crippen molar-refractivity contribution in [2.45, 2.75) is 6.61 Å². The number of allylic oxidation sites excluding steroid dienone is 1. The molecule has 3 rings (SSSR count). The number of halogens is 5. The molecule has 0 unspecified atom stereocenters. The minimum atomic E-state index is 0.350. The molecule has 2 nitrogen and oxygen atoms in total. The van der Waals surface area contributed by atoms with Gasteiger partial charge in [-0.25, -0.2) is 0 Å². The maximum absolute atomic E-state index is 9.59. The van der Waals surface area contributed by atoms with Crippen molar-refractivity contribution < 1.29 is 4.74 Å². The van der Waals surface area contributed by atoms with Crippen molar-refractivity contribution in [1.29, 1.82) is 5.26 Å². The molecule has 0 saturated carbocycles. The van der Waals surface area contributed by atoms with E-state index in [1.807, 2.05) is 48.5 Å². The number of hydrogen-bond acceptors (Lipinski definition) is 2. The first-order valence-corrected chi connectivity index (χ1v) is 12.3. The fourth-order valence-corrected chi connectivity index (χ4v) is 5.52. The van der Waals surface area contributed by atoms with E-state index in [2.05, 4.69) is 73.8 Å². The second-order valence-corrected chi connectivity index (χ2v) is 10.4. The maximum atomic E-state index is 9.59.